The van der Waals surface area contributed by atoms with Gasteiger partial charge >= 0.3 is 6.18 Å². The first-order valence-corrected chi connectivity index (χ1v) is 10.1. The molecule has 1 aromatic heterocycles. The fourth-order valence-corrected chi connectivity index (χ4v) is 3.98. The van der Waals surface area contributed by atoms with Crippen molar-refractivity contribution in [3.8, 4) is 0 Å². The van der Waals surface area contributed by atoms with Crippen LogP contribution in [0.5, 0.6) is 0 Å². The number of carbonyl (C=O) groups excluding carboxylic acids is 2. The third-order valence-electron chi connectivity index (χ3n) is 4.93. The van der Waals surface area contributed by atoms with Gasteiger partial charge in [0.25, 0.3) is 5.91 Å². The Morgan fingerprint density at radius 1 is 1.28 bits per heavy atom. The summed E-state index contributed by atoms with van der Waals surface area (Å²) in [5, 5.41) is 6.50. The van der Waals surface area contributed by atoms with Crippen molar-refractivity contribution in [2.75, 3.05) is 18.4 Å². The molecule has 3 rings (SSSR count). The summed E-state index contributed by atoms with van der Waals surface area (Å²) in [5.41, 5.74) is 0.198. The van der Waals surface area contributed by atoms with E-state index < -0.39 is 11.7 Å². The number of hydrogen-bond acceptors (Lipinski definition) is 5. The zero-order valence-corrected chi connectivity index (χ0v) is 16.6. The highest BCUT2D eigenvalue weighted by atomic mass is 32.1. The van der Waals surface area contributed by atoms with E-state index in [0.717, 1.165) is 36.5 Å². The highest BCUT2D eigenvalue weighted by molar-refractivity contribution is 7.07. The molecule has 6 nitrogen and oxygen atoms in total. The molecule has 156 valence electrons. The van der Waals surface area contributed by atoms with Gasteiger partial charge in [0.1, 0.15) is 4.88 Å². The SMILES string of the molecule is Cc1nnsc1C(=O)N1CCCC(CCC(=O)Nc2ccc(C(F)(F)F)cc2)C1. The van der Waals surface area contributed by atoms with Gasteiger partial charge in [-0.1, -0.05) is 4.49 Å². The van der Waals surface area contributed by atoms with Crippen LogP contribution >= 0.6 is 11.5 Å². The molecule has 0 bridgehead atoms. The number of amides is 2. The number of aromatic nitrogens is 2. The van der Waals surface area contributed by atoms with Crippen LogP contribution in [0.2, 0.25) is 0 Å². The van der Waals surface area contributed by atoms with Crippen LogP contribution in [-0.2, 0) is 11.0 Å². The van der Waals surface area contributed by atoms with Crippen molar-refractivity contribution in [3.05, 3.63) is 40.4 Å². The van der Waals surface area contributed by atoms with E-state index in [-0.39, 0.29) is 24.2 Å². The molecule has 1 fully saturated rings. The second kappa shape index (κ2) is 8.89. The molecule has 1 saturated heterocycles. The number of benzene rings is 1. The van der Waals surface area contributed by atoms with Crippen LogP contribution < -0.4 is 5.32 Å². The molecule has 2 aromatic rings. The Hall–Kier alpha value is -2.49. The molecular weight excluding hydrogens is 405 g/mol. The number of nitrogens with zero attached hydrogens (tertiary/aromatic N) is 3. The zero-order valence-electron chi connectivity index (χ0n) is 15.8. The summed E-state index contributed by atoms with van der Waals surface area (Å²) in [5.74, 6) is -0.126. The van der Waals surface area contributed by atoms with Crippen molar-refractivity contribution in [1.29, 1.82) is 0 Å². The number of rotatable bonds is 5. The average Bonchev–Trinajstić information content (AvgIpc) is 3.11. The topological polar surface area (TPSA) is 75.2 Å². The minimum absolute atomic E-state index is 0.0728. The van der Waals surface area contributed by atoms with Gasteiger partial charge in [-0.2, -0.15) is 13.2 Å². The summed E-state index contributed by atoms with van der Waals surface area (Å²) in [6.07, 6.45) is -1.76. The van der Waals surface area contributed by atoms with Crippen molar-refractivity contribution >= 4 is 29.0 Å². The molecule has 10 heteroatoms. The maximum atomic E-state index is 12.6. The van der Waals surface area contributed by atoms with E-state index in [1.54, 1.807) is 11.8 Å². The van der Waals surface area contributed by atoms with Crippen LogP contribution in [0.3, 0.4) is 0 Å². The van der Waals surface area contributed by atoms with Crippen LogP contribution in [0.4, 0.5) is 18.9 Å². The molecular formula is C19H21F3N4O2S. The predicted molar refractivity (Wildman–Crippen MR) is 103 cm³/mol. The molecule has 1 N–H and O–H groups in total. The highest BCUT2D eigenvalue weighted by Crippen LogP contribution is 2.30. The maximum Gasteiger partial charge on any atom is 0.416 e. The van der Waals surface area contributed by atoms with E-state index in [1.807, 2.05) is 0 Å². The third-order valence-corrected chi connectivity index (χ3v) is 5.74. The van der Waals surface area contributed by atoms with Crippen LogP contribution in [-0.4, -0.2) is 39.4 Å². The van der Waals surface area contributed by atoms with E-state index in [9.17, 15) is 22.8 Å². The minimum Gasteiger partial charge on any atom is -0.338 e. The molecule has 0 spiro atoms. The molecule has 1 atom stereocenters. The molecule has 1 aliphatic rings. The lowest BCUT2D eigenvalue weighted by Crippen LogP contribution is -2.40. The summed E-state index contributed by atoms with van der Waals surface area (Å²) >= 11 is 1.09. The van der Waals surface area contributed by atoms with E-state index in [2.05, 4.69) is 14.9 Å². The summed E-state index contributed by atoms with van der Waals surface area (Å²) in [6.45, 7) is 3.00. The third kappa shape index (κ3) is 5.53. The maximum absolute atomic E-state index is 12.6. The first-order valence-electron chi connectivity index (χ1n) is 9.29. The summed E-state index contributed by atoms with van der Waals surface area (Å²) in [4.78, 5) is 27.1. The van der Waals surface area contributed by atoms with Gasteiger partial charge in [-0.05, 0) is 67.9 Å². The fourth-order valence-electron chi connectivity index (χ4n) is 3.36. The van der Waals surface area contributed by atoms with E-state index in [0.29, 0.717) is 35.8 Å². The standard InChI is InChI=1S/C19H21F3N4O2S/c1-12-17(29-25-24-12)18(28)26-10-2-3-13(11-26)4-9-16(27)23-15-7-5-14(6-8-15)19(20,21)22/h5-8,13H,2-4,9-11H2,1H3,(H,23,27). The minimum atomic E-state index is -4.40. The Morgan fingerprint density at radius 2 is 2.00 bits per heavy atom. The van der Waals surface area contributed by atoms with Crippen LogP contribution in [0, 0.1) is 12.8 Å². The second-order valence-electron chi connectivity index (χ2n) is 7.11. The number of nitrogens with one attached hydrogen (secondary N) is 1. The average molecular weight is 426 g/mol. The van der Waals surface area contributed by atoms with Crippen molar-refractivity contribution in [1.82, 2.24) is 14.5 Å². The van der Waals surface area contributed by atoms with Crippen LogP contribution in [0.1, 0.15) is 46.6 Å². The van der Waals surface area contributed by atoms with Gasteiger partial charge in [-0.15, -0.1) is 5.10 Å². The van der Waals surface area contributed by atoms with Crippen molar-refractivity contribution in [2.24, 2.45) is 5.92 Å². The fraction of sp³-hybridized carbons (Fsp3) is 0.474. The lowest BCUT2D eigenvalue weighted by molar-refractivity contribution is -0.137. The zero-order chi connectivity index (χ0) is 21.0. The molecule has 2 amide bonds. The van der Waals surface area contributed by atoms with Crippen molar-refractivity contribution < 1.29 is 22.8 Å². The number of likely N-dealkylation sites (tertiary alicyclic amines) is 1. The predicted octanol–water partition coefficient (Wildman–Crippen LogP) is 4.14. The van der Waals surface area contributed by atoms with Crippen LogP contribution in [0.15, 0.2) is 24.3 Å². The van der Waals surface area contributed by atoms with Gasteiger partial charge < -0.3 is 10.2 Å². The Morgan fingerprint density at radius 3 is 2.62 bits per heavy atom. The van der Waals surface area contributed by atoms with Gasteiger partial charge in [0.2, 0.25) is 5.91 Å². The van der Waals surface area contributed by atoms with Crippen molar-refractivity contribution in [2.45, 2.75) is 38.8 Å². The van der Waals surface area contributed by atoms with Gasteiger partial charge in [-0.3, -0.25) is 9.59 Å². The smallest absolute Gasteiger partial charge is 0.338 e. The number of anilines is 1. The number of piperidine rings is 1. The Labute approximate surface area is 170 Å². The molecule has 0 saturated carbocycles. The normalized spacial score (nSPS) is 17.2. The first-order chi connectivity index (χ1) is 13.7. The van der Waals surface area contributed by atoms with E-state index >= 15 is 0 Å². The molecule has 0 aliphatic carbocycles. The van der Waals surface area contributed by atoms with Gasteiger partial charge in [-0.25, -0.2) is 0 Å². The lowest BCUT2D eigenvalue weighted by atomic mass is 9.93. The molecule has 29 heavy (non-hydrogen) atoms. The second-order valence-corrected chi connectivity index (χ2v) is 7.86. The summed E-state index contributed by atoms with van der Waals surface area (Å²) < 4.78 is 41.6. The van der Waals surface area contributed by atoms with Gasteiger partial charge in [0, 0.05) is 25.2 Å². The molecule has 1 unspecified atom stereocenters. The van der Waals surface area contributed by atoms with E-state index in [1.165, 1.54) is 12.1 Å². The Kier molecular flexibility index (Phi) is 6.51. The Balaban J connectivity index is 1.48. The number of hydrogen-bond donors (Lipinski definition) is 1. The monoisotopic (exact) mass is 426 g/mol. The van der Waals surface area contributed by atoms with Gasteiger partial charge in [0.15, 0.2) is 0 Å². The quantitative estimate of drug-likeness (QED) is 0.780. The molecule has 1 aromatic carbocycles. The number of alkyl halides is 3. The first kappa shape index (κ1) is 21.2. The molecule has 2 heterocycles. The summed E-state index contributed by atoms with van der Waals surface area (Å²) in [6, 6.07) is 4.37. The van der Waals surface area contributed by atoms with Gasteiger partial charge in [0.05, 0.1) is 11.3 Å². The molecule has 0 radical (unpaired) electrons. The largest absolute Gasteiger partial charge is 0.416 e. The van der Waals surface area contributed by atoms with Crippen molar-refractivity contribution in [3.63, 3.8) is 0 Å². The lowest BCUT2D eigenvalue weighted by Gasteiger charge is -2.32. The molecule has 1 aliphatic heterocycles. The van der Waals surface area contributed by atoms with E-state index in [4.69, 9.17) is 0 Å². The van der Waals surface area contributed by atoms with Crippen LogP contribution in [0.25, 0.3) is 0 Å². The highest BCUT2D eigenvalue weighted by Gasteiger charge is 2.30. The Bertz CT molecular complexity index is 867. The number of aryl methyl sites for hydroxylation is 1. The number of carbonyl (C=O) groups is 2. The summed E-state index contributed by atoms with van der Waals surface area (Å²) in [7, 11) is 0. The number of halogens is 3.